The van der Waals surface area contributed by atoms with E-state index in [0.717, 1.165) is 0 Å². The second kappa shape index (κ2) is 4.94. The number of aromatic carboxylic acids is 1. The highest BCUT2D eigenvalue weighted by molar-refractivity contribution is 7.91. The minimum Gasteiger partial charge on any atom is -0.478 e. The van der Waals surface area contributed by atoms with Crippen LogP contribution < -0.4 is 0 Å². The molecule has 1 aromatic heterocycles. The number of carboxylic acid groups (broad SMARTS) is 1. The van der Waals surface area contributed by atoms with Crippen molar-refractivity contribution in [2.45, 2.75) is 24.9 Å². The van der Waals surface area contributed by atoms with Gasteiger partial charge < -0.3 is 9.67 Å². The van der Waals surface area contributed by atoms with E-state index in [4.69, 9.17) is 0 Å². The van der Waals surface area contributed by atoms with E-state index in [2.05, 4.69) is 0 Å². The number of para-hydroxylation sites is 1. The Kier molecular flexibility index (Phi) is 3.60. The fourth-order valence-corrected chi connectivity index (χ4v) is 3.22. The van der Waals surface area contributed by atoms with Crippen LogP contribution in [-0.4, -0.2) is 29.3 Å². The lowest BCUT2D eigenvalue weighted by Gasteiger charge is -2.06. The maximum atomic E-state index is 12.0. The molecule has 20 heavy (non-hydrogen) atoms. The molecule has 1 aromatic carbocycles. The minimum atomic E-state index is -3.22. The highest BCUT2D eigenvalue weighted by Gasteiger charge is 2.21. The number of hydrogen-bond acceptors (Lipinski definition) is 3. The van der Waals surface area contributed by atoms with Crippen LogP contribution in [0.1, 0.15) is 29.8 Å². The van der Waals surface area contributed by atoms with Gasteiger partial charge in [-0.3, -0.25) is 0 Å². The molecule has 0 fully saturated rings. The lowest BCUT2D eigenvalue weighted by molar-refractivity contribution is 0.0698. The summed E-state index contributed by atoms with van der Waals surface area (Å²) >= 11 is 0. The number of carbonyl (C=O) groups is 1. The number of nitrogens with zero attached hydrogens (tertiary/aromatic N) is 1. The van der Waals surface area contributed by atoms with Gasteiger partial charge in [-0.15, -0.1) is 0 Å². The summed E-state index contributed by atoms with van der Waals surface area (Å²) in [7, 11) is -1.50. The highest BCUT2D eigenvalue weighted by atomic mass is 32.2. The number of benzene rings is 1. The van der Waals surface area contributed by atoms with Crippen LogP contribution in [0.5, 0.6) is 0 Å². The zero-order valence-corrected chi connectivity index (χ0v) is 12.4. The molecule has 0 unspecified atom stereocenters. The zero-order valence-electron chi connectivity index (χ0n) is 11.6. The van der Waals surface area contributed by atoms with Crippen molar-refractivity contribution in [2.75, 3.05) is 0 Å². The third-order valence-electron chi connectivity index (χ3n) is 3.39. The van der Waals surface area contributed by atoms with Crippen molar-refractivity contribution in [1.29, 1.82) is 0 Å². The van der Waals surface area contributed by atoms with Gasteiger partial charge in [0.1, 0.15) is 0 Å². The normalized spacial score (nSPS) is 12.2. The SMILES string of the molecule is CC(C)S(=O)(=O)Cc1cn(C)c2c(C(=O)O)cccc12. The highest BCUT2D eigenvalue weighted by Crippen LogP contribution is 2.26. The van der Waals surface area contributed by atoms with Gasteiger partial charge in [-0.2, -0.15) is 0 Å². The van der Waals surface area contributed by atoms with Crippen LogP contribution in [0.25, 0.3) is 10.9 Å². The molecular weight excluding hydrogens is 278 g/mol. The van der Waals surface area contributed by atoms with E-state index >= 15 is 0 Å². The maximum absolute atomic E-state index is 12.0. The Balaban J connectivity index is 2.64. The van der Waals surface area contributed by atoms with Crippen molar-refractivity contribution in [2.24, 2.45) is 7.05 Å². The Labute approximate surface area is 117 Å². The Hall–Kier alpha value is -1.82. The lowest BCUT2D eigenvalue weighted by atomic mass is 10.1. The Morgan fingerprint density at radius 3 is 2.55 bits per heavy atom. The molecule has 0 aliphatic heterocycles. The molecule has 0 saturated carbocycles. The largest absolute Gasteiger partial charge is 0.478 e. The molecule has 1 heterocycles. The molecule has 2 rings (SSSR count). The predicted molar refractivity (Wildman–Crippen MR) is 77.6 cm³/mol. The minimum absolute atomic E-state index is 0.0783. The van der Waals surface area contributed by atoms with Crippen molar-refractivity contribution in [3.05, 3.63) is 35.5 Å². The average Bonchev–Trinajstić information content (AvgIpc) is 2.65. The number of fused-ring (bicyclic) bond motifs is 1. The third kappa shape index (κ3) is 2.43. The van der Waals surface area contributed by atoms with Crippen molar-refractivity contribution < 1.29 is 18.3 Å². The van der Waals surface area contributed by atoms with E-state index in [-0.39, 0.29) is 11.3 Å². The molecule has 0 bridgehead atoms. The molecule has 0 amide bonds. The molecule has 0 saturated heterocycles. The van der Waals surface area contributed by atoms with Gasteiger partial charge in [-0.25, -0.2) is 13.2 Å². The molecule has 0 aliphatic carbocycles. The monoisotopic (exact) mass is 295 g/mol. The summed E-state index contributed by atoms with van der Waals surface area (Å²) < 4.78 is 25.8. The first kappa shape index (κ1) is 14.6. The summed E-state index contributed by atoms with van der Waals surface area (Å²) in [6.45, 7) is 3.28. The molecule has 0 aliphatic rings. The van der Waals surface area contributed by atoms with Gasteiger partial charge in [0.2, 0.25) is 0 Å². The van der Waals surface area contributed by atoms with Crippen LogP contribution in [0, 0.1) is 0 Å². The standard InChI is InChI=1S/C14H17NO4S/c1-9(2)20(18,19)8-10-7-15(3)13-11(10)5-4-6-12(13)14(16)17/h4-7,9H,8H2,1-3H3,(H,16,17). The second-order valence-electron chi connectivity index (χ2n) is 5.13. The van der Waals surface area contributed by atoms with Gasteiger partial charge in [0.05, 0.1) is 22.1 Å². The number of rotatable bonds is 4. The van der Waals surface area contributed by atoms with Crippen LogP contribution >= 0.6 is 0 Å². The van der Waals surface area contributed by atoms with E-state index < -0.39 is 21.1 Å². The predicted octanol–water partition coefficient (Wildman–Crippen LogP) is 2.20. The van der Waals surface area contributed by atoms with E-state index in [1.807, 2.05) is 0 Å². The van der Waals surface area contributed by atoms with Gasteiger partial charge >= 0.3 is 5.97 Å². The molecule has 1 N–H and O–H groups in total. The van der Waals surface area contributed by atoms with Gasteiger partial charge in [0, 0.05) is 18.6 Å². The van der Waals surface area contributed by atoms with Crippen molar-refractivity contribution in [3.8, 4) is 0 Å². The Morgan fingerprint density at radius 2 is 2.00 bits per heavy atom. The molecule has 0 spiro atoms. The lowest BCUT2D eigenvalue weighted by Crippen LogP contribution is -2.15. The summed E-state index contributed by atoms with van der Waals surface area (Å²) in [5, 5.41) is 9.43. The van der Waals surface area contributed by atoms with E-state index in [0.29, 0.717) is 16.5 Å². The summed E-state index contributed by atoms with van der Waals surface area (Å²) in [6.07, 6.45) is 1.69. The summed E-state index contributed by atoms with van der Waals surface area (Å²) in [5.41, 5.74) is 1.37. The molecule has 2 aromatic rings. The number of hydrogen-bond donors (Lipinski definition) is 1. The molecule has 0 radical (unpaired) electrons. The summed E-state index contributed by atoms with van der Waals surface area (Å²) in [5.74, 6) is -1.10. The maximum Gasteiger partial charge on any atom is 0.337 e. The second-order valence-corrected chi connectivity index (χ2v) is 7.69. The topological polar surface area (TPSA) is 76.4 Å². The first-order chi connectivity index (χ1) is 9.24. The number of carboxylic acids is 1. The van der Waals surface area contributed by atoms with E-state index in [9.17, 15) is 18.3 Å². The van der Waals surface area contributed by atoms with Crippen molar-refractivity contribution >= 4 is 26.7 Å². The first-order valence-corrected chi connectivity index (χ1v) is 7.97. The van der Waals surface area contributed by atoms with E-state index in [1.165, 1.54) is 6.07 Å². The Morgan fingerprint density at radius 1 is 1.35 bits per heavy atom. The van der Waals surface area contributed by atoms with Crippen LogP contribution in [0.15, 0.2) is 24.4 Å². The van der Waals surface area contributed by atoms with Crippen LogP contribution in [0.4, 0.5) is 0 Å². The Bertz CT molecular complexity index is 772. The molecule has 0 atom stereocenters. The number of aromatic nitrogens is 1. The van der Waals surface area contributed by atoms with E-state index in [1.54, 1.807) is 43.8 Å². The molecule has 6 heteroatoms. The molecular formula is C14H17NO4S. The van der Waals surface area contributed by atoms with Crippen LogP contribution in [0.3, 0.4) is 0 Å². The third-order valence-corrected chi connectivity index (χ3v) is 5.54. The van der Waals surface area contributed by atoms with Crippen LogP contribution in [-0.2, 0) is 22.6 Å². The summed E-state index contributed by atoms with van der Waals surface area (Å²) in [6, 6.07) is 4.91. The van der Waals surface area contributed by atoms with Crippen molar-refractivity contribution in [1.82, 2.24) is 4.57 Å². The molecule has 5 nitrogen and oxygen atoms in total. The summed E-state index contributed by atoms with van der Waals surface area (Å²) in [4.78, 5) is 11.2. The van der Waals surface area contributed by atoms with Crippen molar-refractivity contribution in [3.63, 3.8) is 0 Å². The fraction of sp³-hybridized carbons (Fsp3) is 0.357. The van der Waals surface area contributed by atoms with Crippen LogP contribution in [0.2, 0.25) is 0 Å². The average molecular weight is 295 g/mol. The fourth-order valence-electron chi connectivity index (χ4n) is 2.22. The zero-order chi connectivity index (χ0) is 15.1. The number of sulfone groups is 1. The number of aryl methyl sites for hydroxylation is 1. The van der Waals surface area contributed by atoms with Gasteiger partial charge in [-0.05, 0) is 25.5 Å². The van der Waals surface area contributed by atoms with Gasteiger partial charge in [0.15, 0.2) is 9.84 Å². The first-order valence-electron chi connectivity index (χ1n) is 6.26. The smallest absolute Gasteiger partial charge is 0.337 e. The van der Waals surface area contributed by atoms with Gasteiger partial charge in [0.25, 0.3) is 0 Å². The van der Waals surface area contributed by atoms with Gasteiger partial charge in [-0.1, -0.05) is 12.1 Å². The molecule has 108 valence electrons. The quantitative estimate of drug-likeness (QED) is 0.938.